The number of hydrogen-bond donors (Lipinski definition) is 1. The average molecular weight is 316 g/mol. The third kappa shape index (κ3) is 5.54. The Labute approximate surface area is 134 Å². The first-order valence-electron chi connectivity index (χ1n) is 7.54. The lowest BCUT2D eigenvalue weighted by Gasteiger charge is -2.06. The van der Waals surface area contributed by atoms with Gasteiger partial charge in [0.15, 0.2) is 0 Å². The van der Waals surface area contributed by atoms with Gasteiger partial charge in [0.25, 0.3) is 5.91 Å². The van der Waals surface area contributed by atoms with E-state index in [4.69, 9.17) is 4.74 Å². The molecule has 0 fully saturated rings. The fraction of sp³-hybridized carbons (Fsp3) is 0.375. The van der Waals surface area contributed by atoms with Crippen molar-refractivity contribution < 1.29 is 14.3 Å². The molecule has 23 heavy (non-hydrogen) atoms. The smallest absolute Gasteiger partial charge is 0.305 e. The topological polar surface area (TPSA) is 86.1 Å². The Morgan fingerprint density at radius 3 is 2.70 bits per heavy atom. The molecule has 2 aromatic rings. The first-order chi connectivity index (χ1) is 11.2. The Balaban J connectivity index is 1.75. The molecule has 2 rings (SSSR count). The Morgan fingerprint density at radius 2 is 2.04 bits per heavy atom. The van der Waals surface area contributed by atoms with Crippen molar-refractivity contribution in [2.24, 2.45) is 0 Å². The zero-order valence-electron chi connectivity index (χ0n) is 13.1. The molecule has 1 N–H and O–H groups in total. The van der Waals surface area contributed by atoms with Crippen LogP contribution in [-0.4, -0.2) is 39.8 Å². The van der Waals surface area contributed by atoms with Crippen molar-refractivity contribution in [1.29, 1.82) is 0 Å². The standard InChI is InChI=1S/C16H20N4O3/c1-2-23-15(21)4-3-9-18-16(22)14-7-5-13(6-8-14)10-20-12-17-11-19-20/h5-8,11-12H,2-4,9-10H2,1H3,(H,18,22). The van der Waals surface area contributed by atoms with Crippen molar-refractivity contribution in [1.82, 2.24) is 20.1 Å². The summed E-state index contributed by atoms with van der Waals surface area (Å²) in [6, 6.07) is 7.31. The summed E-state index contributed by atoms with van der Waals surface area (Å²) in [5, 5.41) is 6.82. The van der Waals surface area contributed by atoms with Crippen LogP contribution in [-0.2, 0) is 16.1 Å². The molecule has 7 nitrogen and oxygen atoms in total. The third-order valence-electron chi connectivity index (χ3n) is 3.18. The Bertz CT molecular complexity index is 623. The minimum atomic E-state index is -0.237. The molecular formula is C16H20N4O3. The summed E-state index contributed by atoms with van der Waals surface area (Å²) in [6.45, 7) is 3.21. The molecule has 0 aliphatic rings. The van der Waals surface area contributed by atoms with Crippen LogP contribution in [0.2, 0.25) is 0 Å². The molecule has 1 heterocycles. The van der Waals surface area contributed by atoms with E-state index in [1.807, 2.05) is 12.1 Å². The second kappa shape index (κ2) is 8.67. The van der Waals surface area contributed by atoms with Crippen LogP contribution in [0.4, 0.5) is 0 Å². The Morgan fingerprint density at radius 1 is 1.26 bits per heavy atom. The highest BCUT2D eigenvalue weighted by molar-refractivity contribution is 5.94. The molecule has 0 atom stereocenters. The number of esters is 1. The van der Waals surface area contributed by atoms with Gasteiger partial charge in [0.1, 0.15) is 12.7 Å². The van der Waals surface area contributed by atoms with E-state index in [0.717, 1.165) is 5.56 Å². The van der Waals surface area contributed by atoms with Crippen molar-refractivity contribution in [3.63, 3.8) is 0 Å². The second-order valence-electron chi connectivity index (χ2n) is 4.95. The number of nitrogens with one attached hydrogen (secondary N) is 1. The monoisotopic (exact) mass is 316 g/mol. The molecule has 0 saturated carbocycles. The van der Waals surface area contributed by atoms with Gasteiger partial charge in [-0.2, -0.15) is 5.10 Å². The van der Waals surface area contributed by atoms with E-state index in [1.165, 1.54) is 6.33 Å². The van der Waals surface area contributed by atoms with Crippen LogP contribution in [0.15, 0.2) is 36.9 Å². The van der Waals surface area contributed by atoms with Gasteiger partial charge in [-0.1, -0.05) is 12.1 Å². The second-order valence-corrected chi connectivity index (χ2v) is 4.95. The van der Waals surface area contributed by atoms with E-state index in [0.29, 0.717) is 38.1 Å². The van der Waals surface area contributed by atoms with Gasteiger partial charge < -0.3 is 10.1 Å². The van der Waals surface area contributed by atoms with Crippen LogP contribution < -0.4 is 5.32 Å². The van der Waals surface area contributed by atoms with Crippen LogP contribution in [0.25, 0.3) is 0 Å². The normalized spacial score (nSPS) is 10.3. The van der Waals surface area contributed by atoms with Crippen LogP contribution in [0.5, 0.6) is 0 Å². The van der Waals surface area contributed by atoms with Crippen molar-refractivity contribution in [3.8, 4) is 0 Å². The number of carbonyl (C=O) groups excluding carboxylic acids is 2. The van der Waals surface area contributed by atoms with E-state index in [1.54, 1.807) is 30.1 Å². The van der Waals surface area contributed by atoms with E-state index >= 15 is 0 Å². The maximum atomic E-state index is 12.0. The largest absolute Gasteiger partial charge is 0.466 e. The van der Waals surface area contributed by atoms with Gasteiger partial charge in [0.2, 0.25) is 0 Å². The number of nitrogens with zero attached hydrogens (tertiary/aromatic N) is 3. The van der Waals surface area contributed by atoms with E-state index in [-0.39, 0.29) is 11.9 Å². The lowest BCUT2D eigenvalue weighted by atomic mass is 10.1. The lowest BCUT2D eigenvalue weighted by Crippen LogP contribution is -2.25. The van der Waals surface area contributed by atoms with Crippen LogP contribution in [0, 0.1) is 0 Å². The Hall–Kier alpha value is -2.70. The number of ether oxygens (including phenoxy) is 1. The molecule has 122 valence electrons. The molecule has 0 unspecified atom stereocenters. The summed E-state index contributed by atoms with van der Waals surface area (Å²) in [7, 11) is 0. The fourth-order valence-corrected chi connectivity index (χ4v) is 2.03. The van der Waals surface area contributed by atoms with Gasteiger partial charge in [0.05, 0.1) is 13.2 Å². The molecule has 0 spiro atoms. The lowest BCUT2D eigenvalue weighted by molar-refractivity contribution is -0.143. The summed E-state index contributed by atoms with van der Waals surface area (Å²) in [4.78, 5) is 27.1. The predicted molar refractivity (Wildman–Crippen MR) is 83.8 cm³/mol. The van der Waals surface area contributed by atoms with Crippen molar-refractivity contribution in [2.75, 3.05) is 13.2 Å². The summed E-state index contributed by atoms with van der Waals surface area (Å²) in [6.07, 6.45) is 4.00. The summed E-state index contributed by atoms with van der Waals surface area (Å²) >= 11 is 0. The highest BCUT2D eigenvalue weighted by atomic mass is 16.5. The maximum Gasteiger partial charge on any atom is 0.305 e. The SMILES string of the molecule is CCOC(=O)CCCNC(=O)c1ccc(Cn2cncn2)cc1. The zero-order valence-corrected chi connectivity index (χ0v) is 13.1. The molecular weight excluding hydrogens is 296 g/mol. The summed E-state index contributed by atoms with van der Waals surface area (Å²) < 4.78 is 6.54. The first kappa shape index (κ1) is 16.7. The highest BCUT2D eigenvalue weighted by Crippen LogP contribution is 2.06. The van der Waals surface area contributed by atoms with E-state index in [9.17, 15) is 9.59 Å². The molecule has 1 aromatic carbocycles. The number of hydrogen-bond acceptors (Lipinski definition) is 5. The number of carbonyl (C=O) groups is 2. The molecule has 0 aliphatic carbocycles. The van der Waals surface area contributed by atoms with E-state index in [2.05, 4.69) is 15.4 Å². The molecule has 7 heteroatoms. The number of amides is 1. The number of rotatable bonds is 8. The fourth-order valence-electron chi connectivity index (χ4n) is 2.03. The molecule has 0 saturated heterocycles. The molecule has 0 bridgehead atoms. The van der Waals surface area contributed by atoms with Crippen LogP contribution in [0.3, 0.4) is 0 Å². The van der Waals surface area contributed by atoms with Gasteiger partial charge in [0, 0.05) is 18.5 Å². The molecule has 0 aliphatic heterocycles. The Kier molecular flexibility index (Phi) is 6.28. The van der Waals surface area contributed by atoms with Gasteiger partial charge in [-0.05, 0) is 31.0 Å². The van der Waals surface area contributed by atoms with Gasteiger partial charge in [-0.25, -0.2) is 9.67 Å². The van der Waals surface area contributed by atoms with Gasteiger partial charge in [-0.15, -0.1) is 0 Å². The number of benzene rings is 1. The summed E-state index contributed by atoms with van der Waals surface area (Å²) in [5.74, 6) is -0.389. The van der Waals surface area contributed by atoms with Crippen molar-refractivity contribution in [3.05, 3.63) is 48.0 Å². The third-order valence-corrected chi connectivity index (χ3v) is 3.18. The highest BCUT2D eigenvalue weighted by Gasteiger charge is 2.06. The minimum Gasteiger partial charge on any atom is -0.466 e. The van der Waals surface area contributed by atoms with Crippen LogP contribution in [0.1, 0.15) is 35.7 Å². The predicted octanol–water partition coefficient (Wildman–Crippen LogP) is 1.40. The van der Waals surface area contributed by atoms with Crippen molar-refractivity contribution in [2.45, 2.75) is 26.3 Å². The average Bonchev–Trinajstić information content (AvgIpc) is 3.05. The molecule has 0 radical (unpaired) electrons. The quantitative estimate of drug-likeness (QED) is 0.587. The van der Waals surface area contributed by atoms with Crippen LogP contribution >= 0.6 is 0 Å². The maximum absolute atomic E-state index is 12.0. The summed E-state index contributed by atoms with van der Waals surface area (Å²) in [5.41, 5.74) is 1.62. The molecule has 1 amide bonds. The van der Waals surface area contributed by atoms with E-state index < -0.39 is 0 Å². The van der Waals surface area contributed by atoms with Gasteiger partial charge in [-0.3, -0.25) is 9.59 Å². The first-order valence-corrected chi connectivity index (χ1v) is 7.54. The minimum absolute atomic E-state index is 0.152. The number of aromatic nitrogens is 3. The van der Waals surface area contributed by atoms with Gasteiger partial charge >= 0.3 is 5.97 Å². The molecule has 1 aromatic heterocycles. The van der Waals surface area contributed by atoms with Crippen molar-refractivity contribution >= 4 is 11.9 Å². The zero-order chi connectivity index (χ0) is 16.5.